The van der Waals surface area contributed by atoms with Gasteiger partial charge >= 0.3 is 35.5 Å². The third kappa shape index (κ3) is 4.78. The van der Waals surface area contributed by atoms with Crippen LogP contribution < -0.4 is 39.8 Å². The number of hydrogen-bond acceptors (Lipinski definition) is 7. The van der Waals surface area contributed by atoms with Crippen LogP contribution in [0, 0.1) is 50.2 Å². The fourth-order valence-electron chi connectivity index (χ4n) is 11.0. The number of hydrogen-bond donors (Lipinski definition) is 0. The summed E-state index contributed by atoms with van der Waals surface area (Å²) in [6.45, 7) is 15.3. The predicted octanol–water partition coefficient (Wildman–Crippen LogP) is 1.16. The van der Waals surface area contributed by atoms with E-state index in [2.05, 4.69) is 41.5 Å². The van der Waals surface area contributed by atoms with E-state index in [9.17, 15) is 29.4 Å². The number of carbonyl (C=O) groups is 4. The number of aliphatic carboxylic acids is 2. The smallest absolute Gasteiger partial charge is 0.550 e. The number of allylic oxidation sites excluding steroid dienone is 2. The van der Waals surface area contributed by atoms with E-state index in [1.165, 1.54) is 5.57 Å². The molecule has 0 aromatic carbocycles. The van der Waals surface area contributed by atoms with Gasteiger partial charge in [-0.25, -0.2) is 0 Å². The molecular weight excluding hydrogens is 543 g/mol. The molecule has 42 heavy (non-hydrogen) atoms. The first-order chi connectivity index (χ1) is 18.8. The van der Waals surface area contributed by atoms with Crippen molar-refractivity contribution >= 4 is 23.7 Å². The normalized spacial score (nSPS) is 45.5. The van der Waals surface area contributed by atoms with Crippen LogP contribution in [-0.2, 0) is 23.9 Å². The number of rotatable bonds is 5. The van der Waals surface area contributed by atoms with Crippen molar-refractivity contribution in [3.8, 4) is 0 Å². The summed E-state index contributed by atoms with van der Waals surface area (Å²) in [6.07, 6.45) is 8.26. The minimum Gasteiger partial charge on any atom is -0.550 e. The molecule has 228 valence electrons. The van der Waals surface area contributed by atoms with Crippen LogP contribution in [0.2, 0.25) is 0 Å². The van der Waals surface area contributed by atoms with Crippen molar-refractivity contribution in [1.29, 1.82) is 0 Å². The molecule has 5 aliphatic rings. The van der Waals surface area contributed by atoms with Gasteiger partial charge in [0.2, 0.25) is 0 Å². The second-order valence-electron chi connectivity index (χ2n) is 16.3. The average molecular weight is 592 g/mol. The summed E-state index contributed by atoms with van der Waals surface area (Å²) in [5.41, 5.74) is -0.823. The molecule has 0 spiro atoms. The van der Waals surface area contributed by atoms with Gasteiger partial charge in [0.05, 0.1) is 6.42 Å². The molecule has 7 nitrogen and oxygen atoms in total. The Morgan fingerprint density at radius 2 is 1.52 bits per heavy atom. The zero-order chi connectivity index (χ0) is 30.4. The van der Waals surface area contributed by atoms with Gasteiger partial charge in [-0.1, -0.05) is 54.0 Å². The molecule has 5 aliphatic carbocycles. The fraction of sp³-hybridized carbons (Fsp3) is 0.824. The van der Waals surface area contributed by atoms with Crippen LogP contribution >= 0.6 is 0 Å². The number of fused-ring (bicyclic) bond motifs is 7. The Hall–Kier alpha value is -1.18. The van der Waals surface area contributed by atoms with E-state index in [4.69, 9.17) is 4.74 Å². The maximum Gasteiger partial charge on any atom is 1.00 e. The van der Waals surface area contributed by atoms with Crippen LogP contribution in [0.15, 0.2) is 11.6 Å². The average Bonchev–Trinajstić information content (AvgIpc) is 2.86. The van der Waals surface area contributed by atoms with Gasteiger partial charge in [0, 0.05) is 28.7 Å². The molecule has 0 aromatic heterocycles. The first-order valence-electron chi connectivity index (χ1n) is 15.7. The van der Waals surface area contributed by atoms with E-state index in [1.54, 1.807) is 0 Å². The summed E-state index contributed by atoms with van der Waals surface area (Å²) in [4.78, 5) is 50.0. The molecule has 0 saturated heterocycles. The Bertz CT molecular complexity index is 1210. The zero-order valence-corrected chi connectivity index (χ0v) is 29.0. The summed E-state index contributed by atoms with van der Waals surface area (Å²) >= 11 is 0. The number of carboxylic acids is 2. The van der Waals surface area contributed by atoms with Crippen molar-refractivity contribution in [2.75, 3.05) is 0 Å². The van der Waals surface area contributed by atoms with Gasteiger partial charge in [-0.3, -0.25) is 9.59 Å². The largest absolute Gasteiger partial charge is 1.00 e. The van der Waals surface area contributed by atoms with Crippen molar-refractivity contribution in [3.05, 3.63) is 11.6 Å². The van der Waals surface area contributed by atoms with Crippen LogP contribution in [0.1, 0.15) is 119 Å². The number of carboxylic acid groups (broad SMARTS) is 2. The van der Waals surface area contributed by atoms with E-state index in [-0.39, 0.29) is 99.1 Å². The molecule has 5 rings (SSSR count). The molecule has 8 heteroatoms. The summed E-state index contributed by atoms with van der Waals surface area (Å²) < 4.78 is 5.87. The first kappa shape index (κ1) is 33.7. The van der Waals surface area contributed by atoms with E-state index in [0.717, 1.165) is 38.5 Å². The molecule has 0 bridgehead atoms. The van der Waals surface area contributed by atoms with Crippen molar-refractivity contribution < 1.29 is 63.7 Å². The van der Waals surface area contributed by atoms with E-state index >= 15 is 0 Å². The summed E-state index contributed by atoms with van der Waals surface area (Å²) in [6, 6.07) is 0. The monoisotopic (exact) mass is 591 g/mol. The molecule has 4 saturated carbocycles. The Kier molecular flexibility index (Phi) is 8.60. The number of esters is 1. The fourth-order valence-corrected chi connectivity index (χ4v) is 11.0. The third-order valence-electron chi connectivity index (χ3n) is 13.8. The third-order valence-corrected chi connectivity index (χ3v) is 13.8. The van der Waals surface area contributed by atoms with Crippen molar-refractivity contribution in [2.24, 2.45) is 50.2 Å². The predicted molar refractivity (Wildman–Crippen MR) is 149 cm³/mol. The van der Waals surface area contributed by atoms with Gasteiger partial charge in [0.25, 0.3) is 0 Å². The topological polar surface area (TPSA) is 124 Å². The summed E-state index contributed by atoms with van der Waals surface area (Å²) in [5.74, 6) is -2.53. The van der Waals surface area contributed by atoms with Crippen LogP contribution in [0.5, 0.6) is 0 Å². The molecule has 0 amide bonds. The second-order valence-corrected chi connectivity index (χ2v) is 16.3. The first-order valence-corrected chi connectivity index (χ1v) is 15.7. The van der Waals surface area contributed by atoms with Gasteiger partial charge in [-0.2, -0.15) is 0 Å². The Labute approximate surface area is 273 Å². The van der Waals surface area contributed by atoms with Gasteiger partial charge in [0.1, 0.15) is 6.10 Å². The van der Waals surface area contributed by atoms with Crippen molar-refractivity contribution in [2.45, 2.75) is 125 Å². The van der Waals surface area contributed by atoms with Crippen LogP contribution in [0.4, 0.5) is 0 Å². The summed E-state index contributed by atoms with van der Waals surface area (Å²) in [5, 5.41) is 23.1. The second kappa shape index (κ2) is 10.7. The van der Waals surface area contributed by atoms with E-state index in [1.807, 2.05) is 13.0 Å². The van der Waals surface area contributed by atoms with E-state index in [0.29, 0.717) is 19.3 Å². The number of ketones is 1. The zero-order valence-electron chi connectivity index (χ0n) is 27.0. The molecule has 0 radical (unpaired) electrons. The number of ether oxygens (including phenoxy) is 1. The molecule has 0 heterocycles. The Balaban J connectivity index is 0.00000405. The molecule has 0 aromatic rings. The van der Waals surface area contributed by atoms with Crippen molar-refractivity contribution in [1.82, 2.24) is 0 Å². The minimum absolute atomic E-state index is 0. The molecule has 0 unspecified atom stereocenters. The maximum atomic E-state index is 14.4. The Morgan fingerprint density at radius 3 is 2.14 bits per heavy atom. The standard InChI is InChI=1S/C34H50O7.Na/c1-29(2)23-10-13-34(7)27(32(23,5)12-11-24(29)41-26(38)9-8-25(36)37)22(35)18-20-21-19-31(4,28(39)40)15-14-30(21,3)16-17-33(20,34)6;/h18,21,23-24,27H,8-17,19H2,1-7H3,(H,36,37)(H,39,40);/q;+1/p-2/t21-,23-,24-,27+,30+,31-,32-,33+,34+;/m0./s1. The maximum absolute atomic E-state index is 14.4. The van der Waals surface area contributed by atoms with Crippen LogP contribution in [0.25, 0.3) is 0 Å². The molecule has 0 N–H and O–H groups in total. The van der Waals surface area contributed by atoms with Gasteiger partial charge in [-0.15, -0.1) is 0 Å². The Morgan fingerprint density at radius 1 is 0.881 bits per heavy atom. The van der Waals surface area contributed by atoms with Crippen molar-refractivity contribution in [3.63, 3.8) is 0 Å². The van der Waals surface area contributed by atoms with Gasteiger partial charge < -0.3 is 24.5 Å². The van der Waals surface area contributed by atoms with Gasteiger partial charge in [0.15, 0.2) is 5.78 Å². The molecular formula is C34H48NaO7-. The van der Waals surface area contributed by atoms with Crippen LogP contribution in [0.3, 0.4) is 0 Å². The molecule has 9 atom stereocenters. The summed E-state index contributed by atoms with van der Waals surface area (Å²) in [7, 11) is 0. The molecule has 0 aliphatic heterocycles. The quantitative estimate of drug-likeness (QED) is 0.347. The minimum atomic E-state index is -1.26. The van der Waals surface area contributed by atoms with Crippen LogP contribution in [-0.4, -0.2) is 29.8 Å². The number of carbonyl (C=O) groups excluding carboxylic acids is 4. The SMILES string of the molecule is CC1(C)[C@@H](OC(=O)CCC(=O)[O-])CC[C@]2(C)[C@H]3C(=O)C=C4[C@@H]5C[C@@](C)(C(=O)[O-])CC[C@]5(C)CC[C@@]4(C)[C@]3(C)CC[C@@H]12.[Na+]. The molecule has 4 fully saturated rings. The van der Waals surface area contributed by atoms with E-state index < -0.39 is 23.3 Å². The van der Waals surface area contributed by atoms with Gasteiger partial charge in [-0.05, 0) is 104 Å².